The van der Waals surface area contributed by atoms with Crippen molar-refractivity contribution in [2.75, 3.05) is 11.4 Å². The molecule has 0 amide bonds. The van der Waals surface area contributed by atoms with Crippen LogP contribution in [0.25, 0.3) is 0 Å². The number of pyridine rings is 1. The second-order valence-corrected chi connectivity index (χ2v) is 5.01. The van der Waals surface area contributed by atoms with Gasteiger partial charge in [-0.05, 0) is 43.9 Å². The van der Waals surface area contributed by atoms with Gasteiger partial charge in [0.1, 0.15) is 5.82 Å². The van der Waals surface area contributed by atoms with Crippen molar-refractivity contribution in [3.8, 4) is 0 Å². The molecule has 0 aromatic carbocycles. The van der Waals surface area contributed by atoms with Crippen molar-refractivity contribution in [1.82, 2.24) is 4.98 Å². The van der Waals surface area contributed by atoms with E-state index < -0.39 is 0 Å². The summed E-state index contributed by atoms with van der Waals surface area (Å²) in [6.45, 7) is 5.38. The lowest BCUT2D eigenvalue weighted by Gasteiger charge is -2.24. The molecule has 1 aliphatic rings. The van der Waals surface area contributed by atoms with Crippen molar-refractivity contribution in [1.29, 1.82) is 0 Å². The maximum absolute atomic E-state index is 5.93. The Kier molecular flexibility index (Phi) is 4.00. The van der Waals surface area contributed by atoms with E-state index in [2.05, 4.69) is 22.9 Å². The highest BCUT2D eigenvalue weighted by molar-refractivity contribution is 5.44. The summed E-state index contributed by atoms with van der Waals surface area (Å²) in [6.07, 6.45) is 6.98. The van der Waals surface area contributed by atoms with Gasteiger partial charge in [-0.25, -0.2) is 4.98 Å². The van der Waals surface area contributed by atoms with Crippen LogP contribution in [0.3, 0.4) is 0 Å². The number of anilines is 1. The van der Waals surface area contributed by atoms with E-state index in [1.807, 2.05) is 19.2 Å². The van der Waals surface area contributed by atoms with Gasteiger partial charge in [0.2, 0.25) is 0 Å². The predicted molar refractivity (Wildman–Crippen MR) is 72.1 cm³/mol. The van der Waals surface area contributed by atoms with E-state index in [1.165, 1.54) is 31.2 Å². The molecule has 0 spiro atoms. The van der Waals surface area contributed by atoms with E-state index in [0.29, 0.717) is 0 Å². The minimum Gasteiger partial charge on any atom is -0.354 e. The first kappa shape index (κ1) is 12.4. The molecule has 3 heteroatoms. The maximum Gasteiger partial charge on any atom is 0.129 e. The SMILES string of the molecule is CCCCN(c1cc([C@H](C)N)ccn1)C1CC1. The van der Waals surface area contributed by atoms with E-state index in [4.69, 9.17) is 5.73 Å². The number of hydrogen-bond donors (Lipinski definition) is 1. The van der Waals surface area contributed by atoms with Crippen LogP contribution < -0.4 is 10.6 Å². The highest BCUT2D eigenvalue weighted by atomic mass is 15.2. The van der Waals surface area contributed by atoms with Gasteiger partial charge in [0.05, 0.1) is 0 Å². The van der Waals surface area contributed by atoms with Gasteiger partial charge in [0.25, 0.3) is 0 Å². The number of unbranched alkanes of at least 4 members (excludes halogenated alkanes) is 1. The Morgan fingerprint density at radius 2 is 2.29 bits per heavy atom. The molecular weight excluding hydrogens is 210 g/mol. The number of aromatic nitrogens is 1. The highest BCUT2D eigenvalue weighted by Crippen LogP contribution is 2.31. The molecule has 0 aliphatic heterocycles. The molecule has 1 aromatic heterocycles. The Bertz CT molecular complexity index is 358. The van der Waals surface area contributed by atoms with Gasteiger partial charge >= 0.3 is 0 Å². The number of nitrogens with two attached hydrogens (primary N) is 1. The van der Waals surface area contributed by atoms with Gasteiger partial charge in [-0.3, -0.25) is 0 Å². The summed E-state index contributed by atoms with van der Waals surface area (Å²) in [6, 6.07) is 4.97. The molecule has 1 aliphatic carbocycles. The molecule has 1 atom stereocenters. The Labute approximate surface area is 104 Å². The summed E-state index contributed by atoms with van der Waals surface area (Å²) in [4.78, 5) is 6.96. The third kappa shape index (κ3) is 3.19. The van der Waals surface area contributed by atoms with Crippen LogP contribution in [0.4, 0.5) is 5.82 Å². The minimum atomic E-state index is 0.0870. The van der Waals surface area contributed by atoms with Gasteiger partial charge in [-0.15, -0.1) is 0 Å². The van der Waals surface area contributed by atoms with E-state index >= 15 is 0 Å². The molecule has 2 rings (SSSR count). The fourth-order valence-corrected chi connectivity index (χ4v) is 2.07. The second kappa shape index (κ2) is 5.50. The Balaban J connectivity index is 2.14. The van der Waals surface area contributed by atoms with Crippen molar-refractivity contribution in [3.63, 3.8) is 0 Å². The van der Waals surface area contributed by atoms with Crippen molar-refractivity contribution in [2.45, 2.75) is 51.6 Å². The summed E-state index contributed by atoms with van der Waals surface area (Å²) in [7, 11) is 0. The molecule has 1 saturated carbocycles. The standard InChI is InChI=1S/C14H23N3/c1-3-4-9-17(13-5-6-13)14-10-12(11(2)15)7-8-16-14/h7-8,10-11,13H,3-6,9,15H2,1-2H3/t11-/m0/s1. The topological polar surface area (TPSA) is 42.1 Å². The highest BCUT2D eigenvalue weighted by Gasteiger charge is 2.29. The molecule has 1 aromatic rings. The zero-order valence-corrected chi connectivity index (χ0v) is 10.9. The quantitative estimate of drug-likeness (QED) is 0.821. The van der Waals surface area contributed by atoms with Gasteiger partial charge < -0.3 is 10.6 Å². The van der Waals surface area contributed by atoms with Gasteiger partial charge in [0.15, 0.2) is 0 Å². The monoisotopic (exact) mass is 233 g/mol. The summed E-state index contributed by atoms with van der Waals surface area (Å²) in [5.74, 6) is 1.11. The van der Waals surface area contributed by atoms with Crippen molar-refractivity contribution in [2.24, 2.45) is 5.73 Å². The van der Waals surface area contributed by atoms with Gasteiger partial charge in [-0.2, -0.15) is 0 Å². The molecular formula is C14H23N3. The fraction of sp³-hybridized carbons (Fsp3) is 0.643. The number of nitrogens with zero attached hydrogens (tertiary/aromatic N) is 2. The Morgan fingerprint density at radius 1 is 1.53 bits per heavy atom. The van der Waals surface area contributed by atoms with Crippen LogP contribution in [0.2, 0.25) is 0 Å². The fourth-order valence-electron chi connectivity index (χ4n) is 2.07. The Hall–Kier alpha value is -1.09. The smallest absolute Gasteiger partial charge is 0.129 e. The zero-order valence-electron chi connectivity index (χ0n) is 10.9. The Morgan fingerprint density at radius 3 is 2.88 bits per heavy atom. The van der Waals surface area contributed by atoms with Crippen LogP contribution in [0, 0.1) is 0 Å². The molecule has 0 radical (unpaired) electrons. The summed E-state index contributed by atoms with van der Waals surface area (Å²) in [5.41, 5.74) is 7.11. The lowest BCUT2D eigenvalue weighted by Crippen LogP contribution is -2.27. The third-order valence-electron chi connectivity index (χ3n) is 3.33. The van der Waals surface area contributed by atoms with Gasteiger partial charge in [-0.1, -0.05) is 13.3 Å². The molecule has 2 N–H and O–H groups in total. The van der Waals surface area contributed by atoms with Crippen molar-refractivity contribution >= 4 is 5.82 Å². The number of hydrogen-bond acceptors (Lipinski definition) is 3. The summed E-state index contributed by atoms with van der Waals surface area (Å²) < 4.78 is 0. The molecule has 1 heterocycles. The van der Waals surface area contributed by atoms with Crippen LogP contribution in [-0.2, 0) is 0 Å². The lowest BCUT2D eigenvalue weighted by molar-refractivity contribution is 0.702. The molecule has 0 unspecified atom stereocenters. The maximum atomic E-state index is 5.93. The first-order valence-electron chi connectivity index (χ1n) is 6.70. The normalized spacial score (nSPS) is 16.9. The lowest BCUT2D eigenvalue weighted by atomic mass is 10.1. The van der Waals surface area contributed by atoms with Crippen LogP contribution in [0.5, 0.6) is 0 Å². The predicted octanol–water partition coefficient (Wildman–Crippen LogP) is 2.87. The van der Waals surface area contributed by atoms with E-state index in [0.717, 1.165) is 18.4 Å². The second-order valence-electron chi connectivity index (χ2n) is 5.01. The van der Waals surface area contributed by atoms with Crippen LogP contribution >= 0.6 is 0 Å². The first-order valence-corrected chi connectivity index (χ1v) is 6.70. The van der Waals surface area contributed by atoms with E-state index in [1.54, 1.807) is 0 Å². The first-order chi connectivity index (χ1) is 8.22. The van der Waals surface area contributed by atoms with Crippen LogP contribution in [0.1, 0.15) is 51.1 Å². The van der Waals surface area contributed by atoms with Crippen molar-refractivity contribution < 1.29 is 0 Å². The number of rotatable bonds is 6. The average molecular weight is 233 g/mol. The minimum absolute atomic E-state index is 0.0870. The van der Waals surface area contributed by atoms with Crippen LogP contribution in [0.15, 0.2) is 18.3 Å². The van der Waals surface area contributed by atoms with E-state index in [9.17, 15) is 0 Å². The zero-order chi connectivity index (χ0) is 12.3. The van der Waals surface area contributed by atoms with Gasteiger partial charge in [0, 0.05) is 24.8 Å². The molecule has 1 fully saturated rings. The molecule has 3 nitrogen and oxygen atoms in total. The molecule has 0 bridgehead atoms. The molecule has 17 heavy (non-hydrogen) atoms. The largest absolute Gasteiger partial charge is 0.354 e. The molecule has 94 valence electrons. The van der Waals surface area contributed by atoms with Crippen molar-refractivity contribution in [3.05, 3.63) is 23.9 Å². The summed E-state index contributed by atoms with van der Waals surface area (Å²) in [5, 5.41) is 0. The van der Waals surface area contributed by atoms with E-state index in [-0.39, 0.29) is 6.04 Å². The average Bonchev–Trinajstić information content (AvgIpc) is 3.14. The van der Waals surface area contributed by atoms with Crippen LogP contribution in [-0.4, -0.2) is 17.6 Å². The third-order valence-corrected chi connectivity index (χ3v) is 3.33. The summed E-state index contributed by atoms with van der Waals surface area (Å²) >= 11 is 0. The molecule has 0 saturated heterocycles.